The maximum Gasteiger partial charge on any atom is 0.408 e. The normalized spacial score (nSPS) is 11.4. The molecule has 0 saturated carbocycles. The van der Waals surface area contributed by atoms with E-state index in [9.17, 15) is 9.59 Å². The number of hydrogen-bond donors (Lipinski definition) is 2. The second-order valence-corrected chi connectivity index (χ2v) is 3.58. The van der Waals surface area contributed by atoms with E-state index < -0.39 is 12.3 Å². The zero-order valence-corrected chi connectivity index (χ0v) is 9.90. The number of methoxy groups -OCH3 is 1. The Labute approximate surface area is 100 Å². The molecular weight excluding hydrogens is 220 g/mol. The van der Waals surface area contributed by atoms with E-state index in [4.69, 9.17) is 0 Å². The average molecular weight is 236 g/mol. The summed E-state index contributed by atoms with van der Waals surface area (Å²) < 4.78 is 4.50. The summed E-state index contributed by atoms with van der Waals surface area (Å²) in [4.78, 5) is 22.1. The Morgan fingerprint density at radius 2 is 1.88 bits per heavy atom. The Balaban J connectivity index is 2.63. The lowest BCUT2D eigenvalue weighted by Crippen LogP contribution is -2.48. The molecule has 17 heavy (non-hydrogen) atoms. The quantitative estimate of drug-likeness (QED) is 0.768. The number of rotatable bonds is 4. The fourth-order valence-corrected chi connectivity index (χ4v) is 1.43. The van der Waals surface area contributed by atoms with Crippen LogP contribution in [-0.4, -0.2) is 25.3 Å². The highest BCUT2D eigenvalue weighted by atomic mass is 16.5. The molecule has 0 saturated heterocycles. The smallest absolute Gasteiger partial charge is 0.408 e. The maximum absolute atomic E-state index is 11.1. The van der Waals surface area contributed by atoms with Gasteiger partial charge in [-0.1, -0.05) is 30.3 Å². The van der Waals surface area contributed by atoms with Gasteiger partial charge in [0.25, 0.3) is 0 Å². The standard InChI is InChI=1S/C12H16N2O3/c1-9(15)13-11(14-12(16)17-2)8-10-6-4-3-5-7-10/h3-7,11H,8H2,1-2H3,(H,13,15)(H,14,16)/t11-/m0/s1. The summed E-state index contributed by atoms with van der Waals surface area (Å²) in [5.41, 5.74) is 1.02. The lowest BCUT2D eigenvalue weighted by Gasteiger charge is -2.18. The molecule has 5 nitrogen and oxygen atoms in total. The summed E-state index contributed by atoms with van der Waals surface area (Å²) in [6.45, 7) is 1.40. The molecular formula is C12H16N2O3. The van der Waals surface area contributed by atoms with Crippen molar-refractivity contribution in [3.8, 4) is 0 Å². The zero-order valence-electron chi connectivity index (χ0n) is 9.90. The molecule has 92 valence electrons. The number of alkyl carbamates (subject to hydrolysis) is 1. The van der Waals surface area contributed by atoms with E-state index in [2.05, 4.69) is 15.4 Å². The molecule has 2 N–H and O–H groups in total. The van der Waals surface area contributed by atoms with Gasteiger partial charge in [-0.2, -0.15) is 0 Å². The minimum Gasteiger partial charge on any atom is -0.453 e. The number of carbonyl (C=O) groups is 2. The first-order valence-corrected chi connectivity index (χ1v) is 5.27. The summed E-state index contributed by atoms with van der Waals surface area (Å²) in [5.74, 6) is -0.206. The molecule has 0 aliphatic rings. The predicted molar refractivity (Wildman–Crippen MR) is 63.3 cm³/mol. The first-order chi connectivity index (χ1) is 8.11. The molecule has 0 fully saturated rings. The van der Waals surface area contributed by atoms with Gasteiger partial charge in [0.2, 0.25) is 5.91 Å². The van der Waals surface area contributed by atoms with Gasteiger partial charge in [0.05, 0.1) is 7.11 Å². The predicted octanol–water partition coefficient (Wildman–Crippen LogP) is 1.05. The number of benzene rings is 1. The molecule has 0 aliphatic carbocycles. The van der Waals surface area contributed by atoms with E-state index in [1.54, 1.807) is 0 Å². The second kappa shape index (κ2) is 6.52. The van der Waals surface area contributed by atoms with Crippen LogP contribution in [0.4, 0.5) is 4.79 Å². The van der Waals surface area contributed by atoms with Crippen LogP contribution >= 0.6 is 0 Å². The molecule has 5 heteroatoms. The molecule has 1 aromatic carbocycles. The highest BCUT2D eigenvalue weighted by molar-refractivity contribution is 5.74. The van der Waals surface area contributed by atoms with Crippen LogP contribution in [0, 0.1) is 0 Å². The molecule has 1 aromatic rings. The molecule has 1 atom stereocenters. The van der Waals surface area contributed by atoms with E-state index in [1.807, 2.05) is 30.3 Å². The van der Waals surface area contributed by atoms with Gasteiger partial charge >= 0.3 is 6.09 Å². The van der Waals surface area contributed by atoms with Crippen LogP contribution < -0.4 is 10.6 Å². The maximum atomic E-state index is 11.1. The topological polar surface area (TPSA) is 67.4 Å². The Kier molecular flexibility index (Phi) is 5.00. The van der Waals surface area contributed by atoms with Gasteiger partial charge in [-0.05, 0) is 5.56 Å². The Hall–Kier alpha value is -2.04. The lowest BCUT2D eigenvalue weighted by atomic mass is 10.1. The van der Waals surface area contributed by atoms with Crippen LogP contribution in [0.1, 0.15) is 12.5 Å². The monoisotopic (exact) mass is 236 g/mol. The van der Waals surface area contributed by atoms with Crippen molar-refractivity contribution in [2.24, 2.45) is 0 Å². The van der Waals surface area contributed by atoms with Gasteiger partial charge in [-0.25, -0.2) is 4.79 Å². The molecule has 0 unspecified atom stereocenters. The molecule has 2 amide bonds. The van der Waals surface area contributed by atoms with Crippen molar-refractivity contribution in [1.29, 1.82) is 0 Å². The lowest BCUT2D eigenvalue weighted by molar-refractivity contribution is -0.119. The first kappa shape index (κ1) is 13.0. The average Bonchev–Trinajstić information content (AvgIpc) is 2.29. The fourth-order valence-electron chi connectivity index (χ4n) is 1.43. The van der Waals surface area contributed by atoms with E-state index in [0.29, 0.717) is 6.42 Å². The minimum absolute atomic E-state index is 0.206. The fraction of sp³-hybridized carbons (Fsp3) is 0.333. The number of nitrogens with one attached hydrogen (secondary N) is 2. The first-order valence-electron chi connectivity index (χ1n) is 5.27. The summed E-state index contributed by atoms with van der Waals surface area (Å²) in [6.07, 6.45) is -0.530. The van der Waals surface area contributed by atoms with E-state index in [0.717, 1.165) is 5.56 Å². The van der Waals surface area contributed by atoms with E-state index >= 15 is 0 Å². The van der Waals surface area contributed by atoms with Gasteiger partial charge in [-0.3, -0.25) is 4.79 Å². The highest BCUT2D eigenvalue weighted by Crippen LogP contribution is 2.01. The van der Waals surface area contributed by atoms with Crippen molar-refractivity contribution in [3.05, 3.63) is 35.9 Å². The van der Waals surface area contributed by atoms with Crippen LogP contribution in [0.25, 0.3) is 0 Å². The van der Waals surface area contributed by atoms with Gasteiger partial charge in [0.1, 0.15) is 6.17 Å². The van der Waals surface area contributed by atoms with Crippen molar-refractivity contribution >= 4 is 12.0 Å². The van der Waals surface area contributed by atoms with Gasteiger partial charge in [-0.15, -0.1) is 0 Å². The van der Waals surface area contributed by atoms with Crippen LogP contribution in [-0.2, 0) is 16.0 Å². The molecule has 0 radical (unpaired) electrons. The van der Waals surface area contributed by atoms with Crippen LogP contribution in [0.5, 0.6) is 0 Å². The summed E-state index contributed by atoms with van der Waals surface area (Å²) >= 11 is 0. The largest absolute Gasteiger partial charge is 0.453 e. The van der Waals surface area contributed by atoms with Crippen LogP contribution in [0.15, 0.2) is 30.3 Å². The van der Waals surface area contributed by atoms with Crippen molar-refractivity contribution < 1.29 is 14.3 Å². The molecule has 0 aliphatic heterocycles. The van der Waals surface area contributed by atoms with Gasteiger partial charge in [0.15, 0.2) is 0 Å². The molecule has 1 rings (SSSR count). The number of hydrogen-bond acceptors (Lipinski definition) is 3. The third kappa shape index (κ3) is 5.01. The minimum atomic E-state index is -0.570. The molecule has 0 aromatic heterocycles. The van der Waals surface area contributed by atoms with Crippen LogP contribution in [0.2, 0.25) is 0 Å². The summed E-state index contributed by atoms with van der Waals surface area (Å²) in [5, 5.41) is 5.20. The molecule has 0 spiro atoms. The van der Waals surface area contributed by atoms with Crippen LogP contribution in [0.3, 0.4) is 0 Å². The van der Waals surface area contributed by atoms with Crippen molar-refractivity contribution in [2.75, 3.05) is 7.11 Å². The molecule has 0 bridgehead atoms. The number of amides is 2. The van der Waals surface area contributed by atoms with Crippen molar-refractivity contribution in [2.45, 2.75) is 19.5 Å². The third-order valence-corrected chi connectivity index (χ3v) is 2.14. The van der Waals surface area contributed by atoms with Gasteiger partial charge in [0, 0.05) is 13.3 Å². The number of carbonyl (C=O) groups excluding carboxylic acids is 2. The summed E-state index contributed by atoms with van der Waals surface area (Å²) in [7, 11) is 1.28. The van der Waals surface area contributed by atoms with Gasteiger partial charge < -0.3 is 15.4 Å². The molecule has 0 heterocycles. The Morgan fingerprint density at radius 1 is 1.24 bits per heavy atom. The third-order valence-electron chi connectivity index (χ3n) is 2.14. The zero-order chi connectivity index (χ0) is 12.7. The van der Waals surface area contributed by atoms with Crippen molar-refractivity contribution in [3.63, 3.8) is 0 Å². The Bertz CT molecular complexity index is 379. The van der Waals surface area contributed by atoms with Crippen molar-refractivity contribution in [1.82, 2.24) is 10.6 Å². The highest BCUT2D eigenvalue weighted by Gasteiger charge is 2.13. The van der Waals surface area contributed by atoms with E-state index in [-0.39, 0.29) is 5.91 Å². The Morgan fingerprint density at radius 3 is 2.41 bits per heavy atom. The second-order valence-electron chi connectivity index (χ2n) is 3.58. The SMILES string of the molecule is COC(=O)N[C@@H](Cc1ccccc1)NC(C)=O. The summed E-state index contributed by atoms with van der Waals surface area (Å²) in [6, 6.07) is 9.56. The van der Waals surface area contributed by atoms with E-state index in [1.165, 1.54) is 14.0 Å². The number of ether oxygens (including phenoxy) is 1.